The van der Waals surface area contributed by atoms with Crippen molar-refractivity contribution in [2.45, 2.75) is 6.54 Å². The Morgan fingerprint density at radius 1 is 1.09 bits per heavy atom. The molecule has 0 bridgehead atoms. The van der Waals surface area contributed by atoms with Crippen LogP contribution in [0.5, 0.6) is 11.5 Å². The van der Waals surface area contributed by atoms with Gasteiger partial charge in [-0.05, 0) is 24.3 Å². The summed E-state index contributed by atoms with van der Waals surface area (Å²) >= 11 is 0. The van der Waals surface area contributed by atoms with Crippen LogP contribution in [0, 0.1) is 0 Å². The molecular weight excluding hydrogens is 276 g/mol. The third kappa shape index (κ3) is 3.34. The number of methoxy groups -OCH3 is 1. The molecule has 0 aromatic heterocycles. The van der Waals surface area contributed by atoms with E-state index in [-0.39, 0.29) is 0 Å². The molecule has 2 aromatic rings. The first-order chi connectivity index (χ1) is 10.8. The molecule has 0 spiro atoms. The van der Waals surface area contributed by atoms with Crippen molar-refractivity contribution in [1.29, 1.82) is 0 Å². The first-order valence-electron chi connectivity index (χ1n) is 7.75. The van der Waals surface area contributed by atoms with Gasteiger partial charge in [0.25, 0.3) is 0 Å². The third-order valence-corrected chi connectivity index (χ3v) is 4.26. The third-order valence-electron chi connectivity index (χ3n) is 4.26. The quantitative estimate of drug-likeness (QED) is 0.894. The molecule has 0 saturated carbocycles. The number of aromatic hydroxyl groups is 1. The van der Waals surface area contributed by atoms with E-state index in [9.17, 15) is 5.11 Å². The zero-order valence-corrected chi connectivity index (χ0v) is 13.0. The molecule has 1 heterocycles. The summed E-state index contributed by atoms with van der Waals surface area (Å²) in [5.41, 5.74) is 2.38. The minimum absolute atomic E-state index is 0.351. The summed E-state index contributed by atoms with van der Waals surface area (Å²) in [6.07, 6.45) is 0. The van der Waals surface area contributed by atoms with Gasteiger partial charge in [-0.2, -0.15) is 0 Å². The van der Waals surface area contributed by atoms with Crippen LogP contribution in [0.4, 0.5) is 5.69 Å². The Hall–Kier alpha value is -2.20. The number of phenols is 1. The van der Waals surface area contributed by atoms with E-state index in [1.54, 1.807) is 18.1 Å². The van der Waals surface area contributed by atoms with Gasteiger partial charge in [0.2, 0.25) is 0 Å². The first-order valence-corrected chi connectivity index (χ1v) is 7.75. The molecule has 0 radical (unpaired) electrons. The molecule has 1 aliphatic rings. The van der Waals surface area contributed by atoms with Crippen LogP contribution in [0.2, 0.25) is 0 Å². The molecule has 1 saturated heterocycles. The molecule has 2 N–H and O–H groups in total. The number of benzene rings is 2. The predicted molar refractivity (Wildman–Crippen MR) is 87.7 cm³/mol. The van der Waals surface area contributed by atoms with Crippen molar-refractivity contribution < 1.29 is 14.7 Å². The Labute approximate surface area is 131 Å². The fourth-order valence-corrected chi connectivity index (χ4v) is 3.09. The van der Waals surface area contributed by atoms with Crippen LogP contribution in [0.1, 0.15) is 5.56 Å². The van der Waals surface area contributed by atoms with Crippen LogP contribution >= 0.6 is 0 Å². The van der Waals surface area contributed by atoms with E-state index < -0.39 is 0 Å². The van der Waals surface area contributed by atoms with Gasteiger partial charge in [0.1, 0.15) is 18.0 Å². The summed E-state index contributed by atoms with van der Waals surface area (Å²) < 4.78 is 5.46. The van der Waals surface area contributed by atoms with Crippen LogP contribution in [0.15, 0.2) is 48.5 Å². The molecule has 0 amide bonds. The first kappa shape index (κ1) is 14.7. The summed E-state index contributed by atoms with van der Waals surface area (Å²) in [4.78, 5) is 3.95. The second-order valence-electron chi connectivity index (χ2n) is 5.76. The Bertz CT molecular complexity index is 622. The van der Waals surface area contributed by atoms with Crippen LogP contribution in [-0.4, -0.2) is 38.4 Å². The fraction of sp³-hybridized carbons (Fsp3) is 0.333. The maximum Gasteiger partial charge on any atom is 0.142 e. The second kappa shape index (κ2) is 6.71. The van der Waals surface area contributed by atoms with E-state index >= 15 is 0 Å². The number of anilines is 1. The van der Waals surface area contributed by atoms with Gasteiger partial charge >= 0.3 is 0 Å². The van der Waals surface area contributed by atoms with E-state index in [2.05, 4.69) is 23.1 Å². The number of nitrogens with one attached hydrogen (secondary N) is 1. The highest BCUT2D eigenvalue weighted by atomic mass is 16.5. The normalized spacial score (nSPS) is 15.8. The van der Waals surface area contributed by atoms with Crippen LogP contribution in [0.3, 0.4) is 0 Å². The highest BCUT2D eigenvalue weighted by molar-refractivity contribution is 5.58. The van der Waals surface area contributed by atoms with Gasteiger partial charge in [-0.25, -0.2) is 0 Å². The number of hydrogen-bond donors (Lipinski definition) is 2. The zero-order valence-electron chi connectivity index (χ0n) is 13.0. The van der Waals surface area contributed by atoms with Crippen LogP contribution in [0.25, 0.3) is 0 Å². The fourth-order valence-electron chi connectivity index (χ4n) is 3.09. The second-order valence-corrected chi connectivity index (χ2v) is 5.76. The van der Waals surface area contributed by atoms with Gasteiger partial charge in [0, 0.05) is 5.56 Å². The molecule has 4 nitrogen and oxygen atoms in total. The number of hydrogen-bond acceptors (Lipinski definition) is 3. The summed E-state index contributed by atoms with van der Waals surface area (Å²) in [5, 5.41) is 9.56. The molecule has 116 valence electrons. The van der Waals surface area contributed by atoms with Crippen LogP contribution in [-0.2, 0) is 6.54 Å². The number of nitrogens with zero attached hydrogens (tertiary/aromatic N) is 1. The Kier molecular flexibility index (Phi) is 4.49. The number of para-hydroxylation sites is 2. The molecule has 1 fully saturated rings. The number of piperazine rings is 1. The summed E-state index contributed by atoms with van der Waals surface area (Å²) in [6, 6.07) is 15.8. The lowest BCUT2D eigenvalue weighted by atomic mass is 10.1. The molecule has 3 rings (SSSR count). The SMILES string of the molecule is COc1ccccc1N1CC[NH+](Cc2cccc(O)c2)CC1. The molecule has 4 heteroatoms. The van der Waals surface area contributed by atoms with Crippen molar-refractivity contribution in [2.24, 2.45) is 0 Å². The molecule has 0 atom stereocenters. The highest BCUT2D eigenvalue weighted by Gasteiger charge is 2.22. The van der Waals surface area contributed by atoms with Gasteiger partial charge in [0.15, 0.2) is 0 Å². The maximum absolute atomic E-state index is 9.56. The van der Waals surface area contributed by atoms with Gasteiger partial charge in [-0.15, -0.1) is 0 Å². The predicted octanol–water partition coefficient (Wildman–Crippen LogP) is 1.31. The Morgan fingerprint density at radius 3 is 2.59 bits per heavy atom. The summed E-state index contributed by atoms with van der Waals surface area (Å²) in [5.74, 6) is 1.29. The lowest BCUT2D eigenvalue weighted by molar-refractivity contribution is -0.914. The van der Waals surface area contributed by atoms with Crippen molar-refractivity contribution >= 4 is 5.69 Å². The van der Waals surface area contributed by atoms with Gasteiger partial charge in [-0.3, -0.25) is 0 Å². The molecule has 0 aliphatic carbocycles. The topological polar surface area (TPSA) is 37.1 Å². The summed E-state index contributed by atoms with van der Waals surface area (Å²) in [7, 11) is 1.72. The van der Waals surface area contributed by atoms with E-state index in [0.29, 0.717) is 5.75 Å². The van der Waals surface area contributed by atoms with Crippen molar-refractivity contribution in [3.63, 3.8) is 0 Å². The number of rotatable bonds is 4. The lowest BCUT2D eigenvalue weighted by Gasteiger charge is -2.34. The average molecular weight is 299 g/mol. The largest absolute Gasteiger partial charge is 0.508 e. The molecule has 0 unspecified atom stereocenters. The minimum Gasteiger partial charge on any atom is -0.508 e. The Morgan fingerprint density at radius 2 is 1.86 bits per heavy atom. The Balaban J connectivity index is 1.60. The van der Waals surface area contributed by atoms with Gasteiger partial charge in [-0.1, -0.05) is 24.3 Å². The zero-order chi connectivity index (χ0) is 15.4. The number of ether oxygens (including phenoxy) is 1. The minimum atomic E-state index is 0.351. The molecule has 2 aromatic carbocycles. The molecule has 1 aliphatic heterocycles. The standard InChI is InChI=1S/C18H22N2O2/c1-22-18-8-3-2-7-17(18)20-11-9-19(10-12-20)14-15-5-4-6-16(21)13-15/h2-8,13,21H,9-12,14H2,1H3/p+1. The van der Waals surface area contributed by atoms with Crippen molar-refractivity contribution in [1.82, 2.24) is 0 Å². The van der Waals surface area contributed by atoms with Gasteiger partial charge < -0.3 is 19.6 Å². The van der Waals surface area contributed by atoms with Crippen molar-refractivity contribution in [3.05, 3.63) is 54.1 Å². The van der Waals surface area contributed by atoms with E-state index in [1.165, 1.54) is 11.3 Å². The van der Waals surface area contributed by atoms with Crippen molar-refractivity contribution in [3.8, 4) is 11.5 Å². The van der Waals surface area contributed by atoms with Crippen molar-refractivity contribution in [2.75, 3.05) is 38.2 Å². The highest BCUT2D eigenvalue weighted by Crippen LogP contribution is 2.27. The van der Waals surface area contributed by atoms with E-state index in [4.69, 9.17) is 4.74 Å². The van der Waals surface area contributed by atoms with Crippen LogP contribution < -0.4 is 14.5 Å². The molecular formula is C18H23N2O2+. The monoisotopic (exact) mass is 299 g/mol. The lowest BCUT2D eigenvalue weighted by Crippen LogP contribution is -3.13. The number of phenolic OH excluding ortho intramolecular Hbond substituents is 1. The maximum atomic E-state index is 9.56. The smallest absolute Gasteiger partial charge is 0.142 e. The van der Waals surface area contributed by atoms with E-state index in [1.807, 2.05) is 24.3 Å². The number of quaternary nitrogens is 1. The summed E-state index contributed by atoms with van der Waals surface area (Å²) in [6.45, 7) is 5.19. The van der Waals surface area contributed by atoms with Gasteiger partial charge in [0.05, 0.1) is 39.0 Å². The average Bonchev–Trinajstić information content (AvgIpc) is 2.56. The molecule has 22 heavy (non-hydrogen) atoms. The van der Waals surface area contributed by atoms with E-state index in [0.717, 1.165) is 38.5 Å².